The van der Waals surface area contributed by atoms with Crippen molar-refractivity contribution in [3.8, 4) is 22.9 Å². The maximum absolute atomic E-state index is 12.6. The van der Waals surface area contributed by atoms with Crippen molar-refractivity contribution in [3.05, 3.63) is 72.8 Å². The minimum absolute atomic E-state index is 0.105. The number of nitrogens with zero attached hydrogens (tertiary/aromatic N) is 4. The second-order valence-electron chi connectivity index (χ2n) is 7.40. The summed E-state index contributed by atoms with van der Waals surface area (Å²) in [4.78, 5) is 12.6. The van der Waals surface area contributed by atoms with E-state index in [4.69, 9.17) is 9.47 Å². The van der Waals surface area contributed by atoms with Crippen molar-refractivity contribution in [2.45, 2.75) is 5.03 Å². The van der Waals surface area contributed by atoms with Crippen LogP contribution in [-0.4, -0.2) is 45.7 Å². The second-order valence-corrected chi connectivity index (χ2v) is 8.39. The summed E-state index contributed by atoms with van der Waals surface area (Å²) < 4.78 is 12.4. The normalized spacial score (nSPS) is 11.0. The fourth-order valence-electron chi connectivity index (χ4n) is 3.66. The number of thioether (sulfide) groups is 1. The quantitative estimate of drug-likeness (QED) is 0.344. The molecule has 0 unspecified atom stereocenters. The van der Waals surface area contributed by atoms with Crippen molar-refractivity contribution in [3.63, 3.8) is 0 Å². The number of hydrogen-bond acceptors (Lipinski definition) is 7. The van der Waals surface area contributed by atoms with E-state index in [0.29, 0.717) is 28.0 Å². The molecular formula is C25H21N5O3S. The van der Waals surface area contributed by atoms with Gasteiger partial charge in [0.15, 0.2) is 23.0 Å². The lowest BCUT2D eigenvalue weighted by atomic mass is 10.1. The highest BCUT2D eigenvalue weighted by Gasteiger charge is 2.14. The molecule has 3 aromatic carbocycles. The van der Waals surface area contributed by atoms with Crippen molar-refractivity contribution < 1.29 is 14.3 Å². The van der Waals surface area contributed by atoms with Crippen LogP contribution >= 0.6 is 11.8 Å². The number of nitrogens with one attached hydrogen (secondary N) is 1. The lowest BCUT2D eigenvalue weighted by Gasteiger charge is -2.09. The highest BCUT2D eigenvalue weighted by atomic mass is 32.2. The molecule has 8 nitrogen and oxygen atoms in total. The highest BCUT2D eigenvalue weighted by Crippen LogP contribution is 2.32. The van der Waals surface area contributed by atoms with Gasteiger partial charge in [0.25, 0.3) is 0 Å². The van der Waals surface area contributed by atoms with Gasteiger partial charge in [0.2, 0.25) is 5.91 Å². The van der Waals surface area contributed by atoms with E-state index < -0.39 is 0 Å². The number of carbonyl (C=O) groups excluding carboxylic acids is 1. The van der Waals surface area contributed by atoms with Crippen LogP contribution in [0.5, 0.6) is 11.5 Å². The third kappa shape index (κ3) is 4.25. The van der Waals surface area contributed by atoms with Gasteiger partial charge in [-0.1, -0.05) is 48.2 Å². The molecular weight excluding hydrogens is 450 g/mol. The van der Waals surface area contributed by atoms with Crippen molar-refractivity contribution >= 4 is 39.8 Å². The molecule has 0 atom stereocenters. The van der Waals surface area contributed by atoms with Crippen LogP contribution in [0.2, 0.25) is 0 Å². The first-order chi connectivity index (χ1) is 16.7. The Balaban J connectivity index is 1.34. The number of benzene rings is 3. The van der Waals surface area contributed by atoms with E-state index in [1.807, 2.05) is 72.8 Å². The Hall–Kier alpha value is -4.11. The Kier molecular flexibility index (Phi) is 6.01. The van der Waals surface area contributed by atoms with Crippen molar-refractivity contribution in [2.24, 2.45) is 0 Å². The van der Waals surface area contributed by atoms with Gasteiger partial charge in [-0.2, -0.15) is 9.61 Å². The first-order valence-corrected chi connectivity index (χ1v) is 11.5. The number of fused-ring (bicyclic) bond motifs is 2. The second kappa shape index (κ2) is 9.40. The van der Waals surface area contributed by atoms with Gasteiger partial charge in [0.05, 0.1) is 20.0 Å². The molecule has 170 valence electrons. The summed E-state index contributed by atoms with van der Waals surface area (Å²) in [5.74, 6) is 1.90. The van der Waals surface area contributed by atoms with Crippen molar-refractivity contribution in [2.75, 3.05) is 25.3 Å². The molecule has 0 saturated heterocycles. The molecule has 0 aliphatic heterocycles. The lowest BCUT2D eigenvalue weighted by molar-refractivity contribution is -0.113. The van der Waals surface area contributed by atoms with Crippen LogP contribution in [0.25, 0.3) is 27.8 Å². The molecule has 0 saturated carbocycles. The van der Waals surface area contributed by atoms with Crippen LogP contribution in [0.3, 0.4) is 0 Å². The van der Waals surface area contributed by atoms with Gasteiger partial charge in [0.1, 0.15) is 5.03 Å². The number of carbonyl (C=O) groups is 1. The van der Waals surface area contributed by atoms with Crippen LogP contribution in [0, 0.1) is 0 Å². The van der Waals surface area contributed by atoms with E-state index in [2.05, 4.69) is 20.6 Å². The summed E-state index contributed by atoms with van der Waals surface area (Å²) in [7, 11) is 3.17. The molecule has 1 amide bonds. The van der Waals surface area contributed by atoms with E-state index >= 15 is 0 Å². The molecule has 34 heavy (non-hydrogen) atoms. The molecule has 9 heteroatoms. The number of methoxy groups -OCH3 is 2. The van der Waals surface area contributed by atoms with Gasteiger partial charge in [-0.25, -0.2) is 0 Å². The molecule has 1 N–H and O–H groups in total. The standard InChI is InChI=1S/C25H21N5O3S/c1-32-20-11-10-17(14-21(20)33-2)25-28-27-22-12-13-24(29-30(22)25)34-15-23(31)26-19-9-5-7-16-6-3-4-8-18(16)19/h3-14H,15H2,1-2H3,(H,26,31). The van der Waals surface area contributed by atoms with Gasteiger partial charge in [-0.15, -0.1) is 10.2 Å². The Morgan fingerprint density at radius 3 is 2.62 bits per heavy atom. The van der Waals surface area contributed by atoms with Gasteiger partial charge in [0, 0.05) is 16.6 Å². The summed E-state index contributed by atoms with van der Waals surface area (Å²) >= 11 is 1.34. The molecule has 5 aromatic rings. The zero-order chi connectivity index (χ0) is 23.5. The third-order valence-corrected chi connectivity index (χ3v) is 6.21. The molecule has 0 radical (unpaired) electrons. The maximum Gasteiger partial charge on any atom is 0.234 e. The molecule has 0 fully saturated rings. The minimum atomic E-state index is -0.105. The number of rotatable bonds is 7. The fourth-order valence-corrected chi connectivity index (χ4v) is 4.32. The topological polar surface area (TPSA) is 90.6 Å². The lowest BCUT2D eigenvalue weighted by Crippen LogP contribution is -2.14. The SMILES string of the molecule is COc1ccc(-c2nnc3ccc(SCC(=O)Nc4cccc5ccccc45)nn23)cc1OC. The monoisotopic (exact) mass is 471 g/mol. The Bertz CT molecular complexity index is 1500. The van der Waals surface area contributed by atoms with Crippen LogP contribution in [0.4, 0.5) is 5.69 Å². The average Bonchev–Trinajstić information content (AvgIpc) is 3.30. The zero-order valence-electron chi connectivity index (χ0n) is 18.6. The molecule has 0 bridgehead atoms. The summed E-state index contributed by atoms with van der Waals surface area (Å²) in [5.41, 5.74) is 2.18. The summed E-state index contributed by atoms with van der Waals surface area (Å²) in [6.45, 7) is 0. The van der Waals surface area contributed by atoms with Gasteiger partial charge in [-0.05, 0) is 41.8 Å². The summed E-state index contributed by atoms with van der Waals surface area (Å²) in [6.07, 6.45) is 0. The van der Waals surface area contributed by atoms with Crippen LogP contribution in [0.1, 0.15) is 0 Å². The minimum Gasteiger partial charge on any atom is -0.493 e. The van der Waals surface area contributed by atoms with E-state index in [1.54, 1.807) is 18.7 Å². The third-order valence-electron chi connectivity index (χ3n) is 5.29. The van der Waals surface area contributed by atoms with Crippen LogP contribution in [0.15, 0.2) is 77.8 Å². The smallest absolute Gasteiger partial charge is 0.234 e. The average molecular weight is 472 g/mol. The predicted octanol–water partition coefficient (Wildman–Crippen LogP) is 4.69. The van der Waals surface area contributed by atoms with E-state index in [9.17, 15) is 4.79 Å². The van der Waals surface area contributed by atoms with E-state index in [0.717, 1.165) is 22.0 Å². The number of ether oxygens (including phenoxy) is 2. The highest BCUT2D eigenvalue weighted by molar-refractivity contribution is 7.99. The van der Waals surface area contributed by atoms with Crippen LogP contribution < -0.4 is 14.8 Å². The largest absolute Gasteiger partial charge is 0.493 e. The van der Waals surface area contributed by atoms with Crippen LogP contribution in [-0.2, 0) is 4.79 Å². The molecule has 5 rings (SSSR count). The summed E-state index contributed by atoms with van der Waals surface area (Å²) in [5, 5.41) is 18.9. The molecule has 0 aliphatic carbocycles. The molecule has 0 spiro atoms. The molecule has 2 heterocycles. The zero-order valence-corrected chi connectivity index (χ0v) is 19.4. The van der Waals surface area contributed by atoms with Gasteiger partial charge in [-0.3, -0.25) is 4.79 Å². The van der Waals surface area contributed by atoms with Gasteiger partial charge < -0.3 is 14.8 Å². The Labute approximate surface area is 199 Å². The molecule has 2 aromatic heterocycles. The Morgan fingerprint density at radius 2 is 1.76 bits per heavy atom. The first-order valence-electron chi connectivity index (χ1n) is 10.5. The number of amides is 1. The van der Waals surface area contributed by atoms with E-state index in [1.165, 1.54) is 11.8 Å². The maximum atomic E-state index is 12.6. The van der Waals surface area contributed by atoms with Crippen molar-refractivity contribution in [1.29, 1.82) is 0 Å². The van der Waals surface area contributed by atoms with Crippen molar-refractivity contribution in [1.82, 2.24) is 19.8 Å². The van der Waals surface area contributed by atoms with Gasteiger partial charge >= 0.3 is 0 Å². The number of hydrogen-bond donors (Lipinski definition) is 1. The molecule has 0 aliphatic rings. The first kappa shape index (κ1) is 21.7. The van der Waals surface area contributed by atoms with E-state index in [-0.39, 0.29) is 11.7 Å². The fraction of sp³-hybridized carbons (Fsp3) is 0.120. The Morgan fingerprint density at radius 1 is 0.941 bits per heavy atom. The number of anilines is 1. The predicted molar refractivity (Wildman–Crippen MR) is 133 cm³/mol. The summed E-state index contributed by atoms with van der Waals surface area (Å²) in [6, 6.07) is 23.0. The number of aromatic nitrogens is 4.